The SMILES string of the molecule is COc1ccc(NC(=O)[C@H]2[C@@H]3NC(=S)N(c4ccccc4)[C@@]2(C)Oc2ccc(Cl)cc23)cc1. The Morgan fingerprint density at radius 3 is 2.58 bits per heavy atom. The molecule has 2 bridgehead atoms. The summed E-state index contributed by atoms with van der Waals surface area (Å²) < 4.78 is 11.8. The third kappa shape index (κ3) is 3.67. The zero-order chi connectivity index (χ0) is 23.2. The lowest BCUT2D eigenvalue weighted by Gasteiger charge is -2.56. The summed E-state index contributed by atoms with van der Waals surface area (Å²) in [5, 5.41) is 7.45. The van der Waals surface area contributed by atoms with Crippen molar-refractivity contribution in [2.24, 2.45) is 5.92 Å². The van der Waals surface area contributed by atoms with Gasteiger partial charge in [0.25, 0.3) is 0 Å². The molecule has 0 unspecified atom stereocenters. The number of benzene rings is 3. The predicted molar refractivity (Wildman–Crippen MR) is 133 cm³/mol. The summed E-state index contributed by atoms with van der Waals surface area (Å²) in [6, 6.07) is 21.9. The second kappa shape index (κ2) is 8.24. The number of hydrogen-bond acceptors (Lipinski definition) is 4. The highest BCUT2D eigenvalue weighted by atomic mass is 35.5. The highest BCUT2D eigenvalue weighted by Crippen LogP contribution is 2.50. The Morgan fingerprint density at radius 1 is 1.15 bits per heavy atom. The van der Waals surface area contributed by atoms with E-state index in [4.69, 9.17) is 33.3 Å². The molecule has 1 amide bonds. The van der Waals surface area contributed by atoms with Crippen LogP contribution in [0.5, 0.6) is 11.5 Å². The van der Waals surface area contributed by atoms with Gasteiger partial charge in [0.2, 0.25) is 5.91 Å². The molecule has 2 N–H and O–H groups in total. The van der Waals surface area contributed by atoms with Gasteiger partial charge in [0.1, 0.15) is 17.4 Å². The molecule has 2 aliphatic heterocycles. The van der Waals surface area contributed by atoms with Gasteiger partial charge in [-0.2, -0.15) is 0 Å². The number of anilines is 2. The van der Waals surface area contributed by atoms with Gasteiger partial charge in [0, 0.05) is 22.0 Å². The summed E-state index contributed by atoms with van der Waals surface area (Å²) in [6.07, 6.45) is 0. The average molecular weight is 480 g/mol. The van der Waals surface area contributed by atoms with E-state index in [2.05, 4.69) is 10.6 Å². The molecule has 3 atom stereocenters. The van der Waals surface area contributed by atoms with Gasteiger partial charge in [0.05, 0.1) is 13.2 Å². The highest BCUT2D eigenvalue weighted by molar-refractivity contribution is 7.80. The molecule has 0 spiro atoms. The van der Waals surface area contributed by atoms with Crippen molar-refractivity contribution in [2.45, 2.75) is 18.7 Å². The first-order valence-electron chi connectivity index (χ1n) is 10.5. The Balaban J connectivity index is 1.59. The van der Waals surface area contributed by atoms with Crippen LogP contribution in [0.4, 0.5) is 11.4 Å². The first-order chi connectivity index (χ1) is 15.9. The first-order valence-corrected chi connectivity index (χ1v) is 11.3. The fourth-order valence-electron chi connectivity index (χ4n) is 4.61. The molecule has 5 rings (SSSR count). The fraction of sp³-hybridized carbons (Fsp3) is 0.200. The zero-order valence-electron chi connectivity index (χ0n) is 18.0. The Kier molecular flexibility index (Phi) is 5.38. The molecular weight excluding hydrogens is 458 g/mol. The number of carbonyl (C=O) groups excluding carboxylic acids is 1. The van der Waals surface area contributed by atoms with Gasteiger partial charge in [-0.25, -0.2) is 0 Å². The van der Waals surface area contributed by atoms with Crippen molar-refractivity contribution in [2.75, 3.05) is 17.3 Å². The zero-order valence-corrected chi connectivity index (χ0v) is 19.6. The number of para-hydroxylation sites is 1. The van der Waals surface area contributed by atoms with Crippen LogP contribution in [0.1, 0.15) is 18.5 Å². The normalized spacial score (nSPS) is 23.1. The smallest absolute Gasteiger partial charge is 0.236 e. The molecule has 168 valence electrons. The average Bonchev–Trinajstić information content (AvgIpc) is 2.80. The highest BCUT2D eigenvalue weighted by Gasteiger charge is 2.59. The molecule has 0 saturated carbocycles. The van der Waals surface area contributed by atoms with Gasteiger partial charge in [-0.3, -0.25) is 9.69 Å². The molecule has 8 heteroatoms. The van der Waals surface area contributed by atoms with Crippen LogP contribution in [-0.4, -0.2) is 23.9 Å². The molecule has 3 aromatic carbocycles. The molecular formula is C25H22ClN3O3S. The number of halogens is 1. The summed E-state index contributed by atoms with van der Waals surface area (Å²) in [4.78, 5) is 15.6. The van der Waals surface area contributed by atoms with Gasteiger partial charge in [0.15, 0.2) is 10.8 Å². The summed E-state index contributed by atoms with van der Waals surface area (Å²) in [6.45, 7) is 1.90. The number of rotatable bonds is 4. The van der Waals surface area contributed by atoms with Crippen LogP contribution >= 0.6 is 23.8 Å². The fourth-order valence-corrected chi connectivity index (χ4v) is 5.21. The van der Waals surface area contributed by atoms with E-state index in [0.717, 1.165) is 11.3 Å². The number of amides is 1. The van der Waals surface area contributed by atoms with Crippen LogP contribution in [0.15, 0.2) is 72.8 Å². The van der Waals surface area contributed by atoms with Crippen molar-refractivity contribution in [3.63, 3.8) is 0 Å². The number of ether oxygens (including phenoxy) is 2. The van der Waals surface area contributed by atoms with E-state index in [-0.39, 0.29) is 5.91 Å². The van der Waals surface area contributed by atoms with Gasteiger partial charge < -0.3 is 20.1 Å². The number of nitrogens with zero attached hydrogens (tertiary/aromatic N) is 1. The monoisotopic (exact) mass is 479 g/mol. The molecule has 2 aliphatic rings. The van der Waals surface area contributed by atoms with Crippen molar-refractivity contribution in [3.8, 4) is 11.5 Å². The Hall–Kier alpha value is -3.29. The van der Waals surface area contributed by atoms with E-state index in [1.54, 1.807) is 37.4 Å². The van der Waals surface area contributed by atoms with Crippen LogP contribution in [0.3, 0.4) is 0 Å². The Morgan fingerprint density at radius 2 is 1.88 bits per heavy atom. The van der Waals surface area contributed by atoms with E-state index in [1.165, 1.54) is 0 Å². The Labute approximate surface area is 202 Å². The molecule has 0 radical (unpaired) electrons. The predicted octanol–water partition coefficient (Wildman–Crippen LogP) is 5.15. The Bertz CT molecular complexity index is 1220. The van der Waals surface area contributed by atoms with Crippen LogP contribution in [0.2, 0.25) is 5.02 Å². The minimum atomic E-state index is -1.08. The van der Waals surface area contributed by atoms with Gasteiger partial charge >= 0.3 is 0 Å². The van der Waals surface area contributed by atoms with Crippen LogP contribution in [0.25, 0.3) is 0 Å². The van der Waals surface area contributed by atoms with Crippen LogP contribution < -0.4 is 25.0 Å². The number of nitrogens with one attached hydrogen (secondary N) is 2. The maximum Gasteiger partial charge on any atom is 0.236 e. The summed E-state index contributed by atoms with van der Waals surface area (Å²) in [7, 11) is 1.60. The number of thiocarbonyl (C=S) groups is 1. The standard InChI is InChI=1S/C25H22ClN3O3S/c1-25-21(23(30)27-16-9-11-18(31-2)12-10-16)22(19-14-15(26)8-13-20(19)32-25)28-24(33)29(25)17-6-4-3-5-7-17/h3-14,21-22H,1-2H3,(H,27,30)(H,28,33)/t21-,22-,25+/m1/s1. The van der Waals surface area contributed by atoms with E-state index < -0.39 is 17.7 Å². The lowest BCUT2D eigenvalue weighted by molar-refractivity contribution is -0.130. The topological polar surface area (TPSA) is 62.8 Å². The van der Waals surface area contributed by atoms with Crippen molar-refractivity contribution in [3.05, 3.63) is 83.4 Å². The molecule has 0 aliphatic carbocycles. The van der Waals surface area contributed by atoms with Gasteiger partial charge in [-0.05, 0) is 73.7 Å². The minimum Gasteiger partial charge on any atom is -0.497 e. The van der Waals surface area contributed by atoms with Gasteiger partial charge in [-0.15, -0.1) is 0 Å². The molecule has 33 heavy (non-hydrogen) atoms. The van der Waals surface area contributed by atoms with Gasteiger partial charge in [-0.1, -0.05) is 29.8 Å². The lowest BCUT2D eigenvalue weighted by atomic mass is 9.78. The van der Waals surface area contributed by atoms with Crippen LogP contribution in [0, 0.1) is 5.92 Å². The van der Waals surface area contributed by atoms with E-state index in [0.29, 0.717) is 27.3 Å². The van der Waals surface area contributed by atoms with Crippen LogP contribution in [-0.2, 0) is 4.79 Å². The molecule has 0 aromatic heterocycles. The number of methoxy groups -OCH3 is 1. The molecule has 1 saturated heterocycles. The maximum atomic E-state index is 13.8. The van der Waals surface area contributed by atoms with Crippen molar-refractivity contribution < 1.29 is 14.3 Å². The largest absolute Gasteiger partial charge is 0.497 e. The van der Waals surface area contributed by atoms with Crippen molar-refractivity contribution >= 4 is 46.2 Å². The number of hydrogen-bond donors (Lipinski definition) is 2. The quantitative estimate of drug-likeness (QED) is 0.505. The molecule has 2 heterocycles. The number of fused-ring (bicyclic) bond motifs is 4. The molecule has 3 aromatic rings. The van der Waals surface area contributed by atoms with Crippen molar-refractivity contribution in [1.29, 1.82) is 0 Å². The molecule has 1 fully saturated rings. The van der Waals surface area contributed by atoms with E-state index >= 15 is 0 Å². The first kappa shape index (κ1) is 21.6. The third-order valence-electron chi connectivity index (χ3n) is 6.11. The van der Waals surface area contributed by atoms with E-state index in [1.807, 2.05) is 54.3 Å². The second-order valence-electron chi connectivity index (χ2n) is 8.13. The molecule has 6 nitrogen and oxygen atoms in total. The number of carbonyl (C=O) groups is 1. The van der Waals surface area contributed by atoms with E-state index in [9.17, 15) is 4.79 Å². The lowest BCUT2D eigenvalue weighted by Crippen LogP contribution is -2.72. The summed E-state index contributed by atoms with van der Waals surface area (Å²) in [5.41, 5.74) is 1.21. The minimum absolute atomic E-state index is 0.200. The van der Waals surface area contributed by atoms with Crippen molar-refractivity contribution in [1.82, 2.24) is 5.32 Å². The summed E-state index contributed by atoms with van der Waals surface area (Å²) >= 11 is 12.0. The maximum absolute atomic E-state index is 13.8. The third-order valence-corrected chi connectivity index (χ3v) is 6.65. The summed E-state index contributed by atoms with van der Waals surface area (Å²) in [5.74, 6) is 0.534. The second-order valence-corrected chi connectivity index (χ2v) is 8.96.